The van der Waals surface area contributed by atoms with Gasteiger partial charge in [-0.25, -0.2) is 10.2 Å². The molecule has 0 radical (unpaired) electrons. The molecule has 0 aliphatic rings. The average Bonchev–Trinajstić information content (AvgIpc) is 2.61. The number of nitrogens with one attached hydrogen (secondary N) is 1. The number of esters is 1. The number of ether oxygens (including phenoxy) is 1. The van der Waals surface area contributed by atoms with E-state index >= 15 is 0 Å². The number of hydrogen-bond acceptors (Lipinski definition) is 4. The molecule has 0 spiro atoms. The topological polar surface area (TPSA) is 67.8 Å². The molecule has 2 aromatic carbocycles. The maximum Gasteiger partial charge on any atom is 0.337 e. The molecule has 0 aliphatic heterocycles. The summed E-state index contributed by atoms with van der Waals surface area (Å²) in [6.45, 7) is 2.06. The number of methoxy groups -OCH3 is 1. The van der Waals surface area contributed by atoms with Crippen LogP contribution in [0.4, 0.5) is 0 Å². The van der Waals surface area contributed by atoms with Crippen LogP contribution in [0.25, 0.3) is 0 Å². The van der Waals surface area contributed by atoms with Crippen molar-refractivity contribution in [2.75, 3.05) is 7.11 Å². The first-order valence-corrected chi connectivity index (χ1v) is 7.24. The Morgan fingerprint density at radius 1 is 1.04 bits per heavy atom. The molecule has 0 fully saturated rings. The van der Waals surface area contributed by atoms with Crippen molar-refractivity contribution in [2.45, 2.75) is 13.3 Å². The molecule has 1 N–H and O–H groups in total. The van der Waals surface area contributed by atoms with Gasteiger partial charge in [0.2, 0.25) is 0 Å². The van der Waals surface area contributed by atoms with Crippen LogP contribution in [0.15, 0.2) is 53.6 Å². The minimum absolute atomic E-state index is 0.268. The fourth-order valence-electron chi connectivity index (χ4n) is 1.94. The second kappa shape index (κ2) is 7.89. The van der Waals surface area contributed by atoms with Crippen molar-refractivity contribution in [3.63, 3.8) is 0 Å². The third kappa shape index (κ3) is 4.51. The van der Waals surface area contributed by atoms with Gasteiger partial charge in [0.15, 0.2) is 0 Å². The van der Waals surface area contributed by atoms with Crippen LogP contribution in [0.2, 0.25) is 0 Å². The van der Waals surface area contributed by atoms with Gasteiger partial charge in [-0.1, -0.05) is 31.2 Å². The Morgan fingerprint density at radius 3 is 2.22 bits per heavy atom. The van der Waals surface area contributed by atoms with Crippen LogP contribution in [0.3, 0.4) is 0 Å². The maximum atomic E-state index is 11.9. The van der Waals surface area contributed by atoms with Gasteiger partial charge in [0.25, 0.3) is 5.91 Å². The van der Waals surface area contributed by atoms with Crippen molar-refractivity contribution in [3.05, 3.63) is 70.8 Å². The molecule has 1 amide bonds. The van der Waals surface area contributed by atoms with E-state index in [0.29, 0.717) is 11.1 Å². The zero-order valence-corrected chi connectivity index (χ0v) is 13.1. The molecule has 0 saturated carbocycles. The number of benzene rings is 2. The lowest BCUT2D eigenvalue weighted by Gasteiger charge is -2.02. The normalized spacial score (nSPS) is 10.5. The molecule has 23 heavy (non-hydrogen) atoms. The number of rotatable bonds is 5. The summed E-state index contributed by atoms with van der Waals surface area (Å²) in [6.07, 6.45) is 2.45. The average molecular weight is 310 g/mol. The predicted molar refractivity (Wildman–Crippen MR) is 88.7 cm³/mol. The van der Waals surface area contributed by atoms with Gasteiger partial charge in [-0.2, -0.15) is 5.10 Å². The van der Waals surface area contributed by atoms with E-state index < -0.39 is 5.97 Å². The van der Waals surface area contributed by atoms with E-state index in [0.717, 1.165) is 12.0 Å². The van der Waals surface area contributed by atoms with Crippen molar-refractivity contribution >= 4 is 18.1 Å². The van der Waals surface area contributed by atoms with E-state index in [1.165, 1.54) is 18.9 Å². The highest BCUT2D eigenvalue weighted by Gasteiger charge is 2.04. The van der Waals surface area contributed by atoms with Crippen LogP contribution in [0.1, 0.15) is 38.8 Å². The van der Waals surface area contributed by atoms with Crippen LogP contribution in [-0.4, -0.2) is 25.2 Å². The summed E-state index contributed by atoms with van der Waals surface area (Å²) in [5.74, 6) is -0.660. The highest BCUT2D eigenvalue weighted by Crippen LogP contribution is 2.06. The van der Waals surface area contributed by atoms with Crippen molar-refractivity contribution < 1.29 is 14.3 Å². The number of carbonyl (C=O) groups is 2. The Morgan fingerprint density at radius 2 is 1.65 bits per heavy atom. The first-order valence-electron chi connectivity index (χ1n) is 7.24. The van der Waals surface area contributed by atoms with Gasteiger partial charge in [0, 0.05) is 5.56 Å². The molecule has 2 rings (SSSR count). The molecular formula is C18H18N2O3. The summed E-state index contributed by atoms with van der Waals surface area (Å²) in [7, 11) is 1.33. The summed E-state index contributed by atoms with van der Waals surface area (Å²) < 4.78 is 4.62. The minimum atomic E-state index is -0.391. The molecule has 5 heteroatoms. The predicted octanol–water partition coefficient (Wildman–Crippen LogP) is 2.80. The number of aryl methyl sites for hydroxylation is 1. The third-order valence-electron chi connectivity index (χ3n) is 3.34. The van der Waals surface area contributed by atoms with Gasteiger partial charge in [0.05, 0.1) is 18.9 Å². The lowest BCUT2D eigenvalue weighted by Crippen LogP contribution is -2.17. The third-order valence-corrected chi connectivity index (χ3v) is 3.34. The molecule has 0 saturated heterocycles. The standard InChI is InChI=1S/C18H18N2O3/c1-3-13-4-8-15(9-5-13)17(21)20-19-12-14-6-10-16(11-7-14)18(22)23-2/h4-12H,3H2,1-2H3,(H,20,21)/b19-12-. The first kappa shape index (κ1) is 16.4. The van der Waals surface area contributed by atoms with E-state index in [2.05, 4.69) is 22.2 Å². The highest BCUT2D eigenvalue weighted by molar-refractivity contribution is 5.95. The number of hydrazone groups is 1. The Balaban J connectivity index is 1.95. The molecule has 0 aliphatic carbocycles. The van der Waals surface area contributed by atoms with E-state index in [-0.39, 0.29) is 5.91 Å². The number of nitrogens with zero attached hydrogens (tertiary/aromatic N) is 1. The zero-order chi connectivity index (χ0) is 16.7. The number of carbonyl (C=O) groups excluding carboxylic acids is 2. The quantitative estimate of drug-likeness (QED) is 0.524. The highest BCUT2D eigenvalue weighted by atomic mass is 16.5. The molecule has 0 unspecified atom stereocenters. The number of amides is 1. The van der Waals surface area contributed by atoms with Crippen molar-refractivity contribution in [1.29, 1.82) is 0 Å². The largest absolute Gasteiger partial charge is 0.465 e. The van der Waals surface area contributed by atoms with Gasteiger partial charge < -0.3 is 4.74 Å². The van der Waals surface area contributed by atoms with Gasteiger partial charge in [-0.05, 0) is 41.8 Å². The van der Waals surface area contributed by atoms with E-state index in [1.807, 2.05) is 12.1 Å². The van der Waals surface area contributed by atoms with Crippen LogP contribution in [0.5, 0.6) is 0 Å². The van der Waals surface area contributed by atoms with Crippen LogP contribution in [0, 0.1) is 0 Å². The molecule has 0 bridgehead atoms. The van der Waals surface area contributed by atoms with E-state index in [4.69, 9.17) is 0 Å². The molecular weight excluding hydrogens is 292 g/mol. The van der Waals surface area contributed by atoms with Crippen LogP contribution in [-0.2, 0) is 11.2 Å². The molecule has 0 heterocycles. The van der Waals surface area contributed by atoms with E-state index in [9.17, 15) is 9.59 Å². The SMILES string of the molecule is CCc1ccc(C(=O)N/N=C\c2ccc(C(=O)OC)cc2)cc1. The smallest absolute Gasteiger partial charge is 0.337 e. The Labute approximate surface area is 135 Å². The van der Waals surface area contributed by atoms with Crippen molar-refractivity contribution in [2.24, 2.45) is 5.10 Å². The lowest BCUT2D eigenvalue weighted by molar-refractivity contribution is 0.0600. The van der Waals surface area contributed by atoms with Crippen LogP contribution < -0.4 is 5.43 Å². The van der Waals surface area contributed by atoms with Gasteiger partial charge >= 0.3 is 5.97 Å². The maximum absolute atomic E-state index is 11.9. The summed E-state index contributed by atoms with van der Waals surface area (Å²) >= 11 is 0. The Hall–Kier alpha value is -2.95. The van der Waals surface area contributed by atoms with Crippen LogP contribution >= 0.6 is 0 Å². The summed E-state index contributed by atoms with van der Waals surface area (Å²) in [6, 6.07) is 14.1. The second-order valence-corrected chi connectivity index (χ2v) is 4.86. The van der Waals surface area contributed by atoms with Gasteiger partial charge in [0.1, 0.15) is 0 Å². The van der Waals surface area contributed by atoms with Gasteiger partial charge in [-0.3, -0.25) is 4.79 Å². The molecule has 5 nitrogen and oxygen atoms in total. The molecule has 2 aromatic rings. The van der Waals surface area contributed by atoms with Crippen molar-refractivity contribution in [1.82, 2.24) is 5.43 Å². The second-order valence-electron chi connectivity index (χ2n) is 4.86. The molecule has 0 aromatic heterocycles. The fourth-order valence-corrected chi connectivity index (χ4v) is 1.94. The minimum Gasteiger partial charge on any atom is -0.465 e. The van der Waals surface area contributed by atoms with Crippen molar-refractivity contribution in [3.8, 4) is 0 Å². The molecule has 118 valence electrons. The monoisotopic (exact) mass is 310 g/mol. The summed E-state index contributed by atoms with van der Waals surface area (Å²) in [4.78, 5) is 23.2. The summed E-state index contributed by atoms with van der Waals surface area (Å²) in [5.41, 5.74) is 5.43. The fraction of sp³-hybridized carbons (Fsp3) is 0.167. The van der Waals surface area contributed by atoms with Gasteiger partial charge in [-0.15, -0.1) is 0 Å². The Kier molecular flexibility index (Phi) is 5.63. The number of hydrogen-bond donors (Lipinski definition) is 1. The zero-order valence-electron chi connectivity index (χ0n) is 13.1. The lowest BCUT2D eigenvalue weighted by atomic mass is 10.1. The Bertz CT molecular complexity index is 704. The summed E-state index contributed by atoms with van der Waals surface area (Å²) in [5, 5.41) is 3.91. The molecule has 0 atom stereocenters. The first-order chi connectivity index (χ1) is 11.1. The van der Waals surface area contributed by atoms with E-state index in [1.54, 1.807) is 36.4 Å².